The number of benzene rings is 1. The molecule has 3 rings (SSSR count). The van der Waals surface area contributed by atoms with Gasteiger partial charge in [0.15, 0.2) is 5.82 Å². The molecule has 0 radical (unpaired) electrons. The van der Waals surface area contributed by atoms with Crippen molar-refractivity contribution in [1.82, 2.24) is 15.0 Å². The van der Waals surface area contributed by atoms with Gasteiger partial charge in [-0.3, -0.25) is 4.98 Å². The molecule has 1 aromatic carbocycles. The molecule has 0 aliphatic rings. The van der Waals surface area contributed by atoms with Crippen LogP contribution in [-0.2, 0) is 0 Å². The van der Waals surface area contributed by atoms with Crippen LogP contribution in [0, 0.1) is 0 Å². The SMILES string of the molecule is Clc1cccc(-c2nc(Cl)cc(-c3cccnc3)n2)c1. The lowest BCUT2D eigenvalue weighted by atomic mass is 10.2. The van der Waals surface area contributed by atoms with Crippen molar-refractivity contribution in [2.24, 2.45) is 0 Å². The topological polar surface area (TPSA) is 38.7 Å². The predicted octanol–water partition coefficient (Wildman–Crippen LogP) is 4.51. The Morgan fingerprint density at radius 1 is 0.850 bits per heavy atom. The van der Waals surface area contributed by atoms with E-state index in [0.717, 1.165) is 16.8 Å². The van der Waals surface area contributed by atoms with Gasteiger partial charge in [0.2, 0.25) is 0 Å². The summed E-state index contributed by atoms with van der Waals surface area (Å²) in [7, 11) is 0. The fourth-order valence-corrected chi connectivity index (χ4v) is 2.21. The molecule has 0 N–H and O–H groups in total. The third-order valence-corrected chi connectivity index (χ3v) is 3.16. The summed E-state index contributed by atoms with van der Waals surface area (Å²) in [5, 5.41) is 1.02. The van der Waals surface area contributed by atoms with Crippen LogP contribution in [-0.4, -0.2) is 15.0 Å². The molecular formula is C15H9Cl2N3. The fraction of sp³-hybridized carbons (Fsp3) is 0. The first-order valence-electron chi connectivity index (χ1n) is 5.93. The van der Waals surface area contributed by atoms with Gasteiger partial charge in [0.25, 0.3) is 0 Å². The lowest BCUT2D eigenvalue weighted by Gasteiger charge is -2.05. The second kappa shape index (κ2) is 5.57. The molecular weight excluding hydrogens is 293 g/mol. The van der Waals surface area contributed by atoms with E-state index in [4.69, 9.17) is 23.2 Å². The lowest BCUT2D eigenvalue weighted by molar-refractivity contribution is 1.17. The summed E-state index contributed by atoms with van der Waals surface area (Å²) < 4.78 is 0. The smallest absolute Gasteiger partial charge is 0.161 e. The first-order valence-corrected chi connectivity index (χ1v) is 6.69. The standard InChI is InChI=1S/C15H9Cl2N3/c16-12-5-1-3-10(7-12)15-19-13(8-14(17)20-15)11-4-2-6-18-9-11/h1-9H. The summed E-state index contributed by atoms with van der Waals surface area (Å²) in [5.41, 5.74) is 2.44. The number of aromatic nitrogens is 3. The summed E-state index contributed by atoms with van der Waals surface area (Å²) in [5.74, 6) is 0.541. The molecule has 0 aliphatic heterocycles. The molecule has 2 aromatic heterocycles. The fourth-order valence-electron chi connectivity index (χ4n) is 1.84. The minimum absolute atomic E-state index is 0.383. The van der Waals surface area contributed by atoms with E-state index in [2.05, 4.69) is 15.0 Å². The first kappa shape index (κ1) is 13.0. The molecule has 0 saturated carbocycles. The number of nitrogens with zero attached hydrogens (tertiary/aromatic N) is 3. The number of halogens is 2. The van der Waals surface area contributed by atoms with E-state index in [1.54, 1.807) is 30.6 Å². The maximum absolute atomic E-state index is 6.09. The van der Waals surface area contributed by atoms with Crippen LogP contribution in [0.2, 0.25) is 10.2 Å². The van der Waals surface area contributed by atoms with Crippen molar-refractivity contribution < 1.29 is 0 Å². The molecule has 3 aromatic rings. The molecule has 0 spiro atoms. The largest absolute Gasteiger partial charge is 0.264 e. The second-order valence-corrected chi connectivity index (χ2v) is 4.98. The Balaban J connectivity index is 2.12. The zero-order valence-electron chi connectivity index (χ0n) is 10.3. The summed E-state index contributed by atoms with van der Waals surface area (Å²) in [6, 6.07) is 12.8. The summed E-state index contributed by atoms with van der Waals surface area (Å²) >= 11 is 12.1. The molecule has 0 amide bonds. The minimum Gasteiger partial charge on any atom is -0.264 e. The normalized spacial score (nSPS) is 10.5. The highest BCUT2D eigenvalue weighted by Crippen LogP contribution is 2.25. The molecule has 0 bridgehead atoms. The summed E-state index contributed by atoms with van der Waals surface area (Å²) in [6.07, 6.45) is 3.45. The van der Waals surface area contributed by atoms with Gasteiger partial charge in [0, 0.05) is 34.6 Å². The molecule has 0 unspecified atom stereocenters. The zero-order chi connectivity index (χ0) is 13.9. The minimum atomic E-state index is 0.383. The molecule has 5 heteroatoms. The van der Waals surface area contributed by atoms with Gasteiger partial charge in [-0.25, -0.2) is 9.97 Å². The summed E-state index contributed by atoms with van der Waals surface area (Å²) in [4.78, 5) is 12.8. The van der Waals surface area contributed by atoms with Gasteiger partial charge in [-0.15, -0.1) is 0 Å². The van der Waals surface area contributed by atoms with Gasteiger partial charge in [-0.1, -0.05) is 35.3 Å². The van der Waals surface area contributed by atoms with Crippen molar-refractivity contribution in [3.8, 4) is 22.6 Å². The van der Waals surface area contributed by atoms with Crippen molar-refractivity contribution in [2.75, 3.05) is 0 Å². The van der Waals surface area contributed by atoms with Gasteiger partial charge in [-0.2, -0.15) is 0 Å². The molecule has 20 heavy (non-hydrogen) atoms. The Morgan fingerprint density at radius 3 is 2.45 bits per heavy atom. The van der Waals surface area contributed by atoms with Crippen molar-refractivity contribution >= 4 is 23.2 Å². The number of hydrogen-bond acceptors (Lipinski definition) is 3. The molecule has 0 aliphatic carbocycles. The highest BCUT2D eigenvalue weighted by Gasteiger charge is 2.08. The van der Waals surface area contributed by atoms with E-state index in [1.807, 2.05) is 24.3 Å². The van der Waals surface area contributed by atoms with Gasteiger partial charge < -0.3 is 0 Å². The van der Waals surface area contributed by atoms with Crippen LogP contribution in [0.4, 0.5) is 0 Å². The van der Waals surface area contributed by atoms with Crippen LogP contribution in [0.3, 0.4) is 0 Å². The van der Waals surface area contributed by atoms with Crippen molar-refractivity contribution in [2.45, 2.75) is 0 Å². The average Bonchev–Trinajstić information content (AvgIpc) is 2.47. The van der Waals surface area contributed by atoms with Crippen LogP contribution < -0.4 is 0 Å². The lowest BCUT2D eigenvalue weighted by Crippen LogP contribution is -1.93. The average molecular weight is 302 g/mol. The number of hydrogen-bond donors (Lipinski definition) is 0. The molecule has 98 valence electrons. The quantitative estimate of drug-likeness (QED) is 0.654. The number of rotatable bonds is 2. The number of pyridine rings is 1. The maximum atomic E-state index is 6.09. The van der Waals surface area contributed by atoms with Crippen LogP contribution in [0.25, 0.3) is 22.6 Å². The van der Waals surface area contributed by atoms with Crippen molar-refractivity contribution in [1.29, 1.82) is 0 Å². The van der Waals surface area contributed by atoms with Gasteiger partial charge >= 0.3 is 0 Å². The van der Waals surface area contributed by atoms with E-state index in [9.17, 15) is 0 Å². The predicted molar refractivity (Wildman–Crippen MR) is 80.7 cm³/mol. The van der Waals surface area contributed by atoms with Gasteiger partial charge in [0.1, 0.15) is 5.15 Å². The molecule has 3 nitrogen and oxygen atoms in total. The Hall–Kier alpha value is -1.97. The monoisotopic (exact) mass is 301 g/mol. The Morgan fingerprint density at radius 2 is 1.70 bits per heavy atom. The van der Waals surface area contributed by atoms with Crippen LogP contribution in [0.15, 0.2) is 54.9 Å². The first-order chi connectivity index (χ1) is 9.72. The van der Waals surface area contributed by atoms with Crippen LogP contribution in [0.5, 0.6) is 0 Å². The van der Waals surface area contributed by atoms with Crippen molar-refractivity contribution in [3.63, 3.8) is 0 Å². The van der Waals surface area contributed by atoms with Crippen LogP contribution in [0.1, 0.15) is 0 Å². The molecule has 0 saturated heterocycles. The Labute approximate surface area is 126 Å². The van der Waals surface area contributed by atoms with Gasteiger partial charge in [-0.05, 0) is 24.3 Å². The summed E-state index contributed by atoms with van der Waals surface area (Å²) in [6.45, 7) is 0. The second-order valence-electron chi connectivity index (χ2n) is 4.15. The maximum Gasteiger partial charge on any atom is 0.161 e. The highest BCUT2D eigenvalue weighted by atomic mass is 35.5. The Bertz CT molecular complexity index is 745. The van der Waals surface area contributed by atoms with E-state index in [1.165, 1.54) is 0 Å². The zero-order valence-corrected chi connectivity index (χ0v) is 11.8. The van der Waals surface area contributed by atoms with E-state index < -0.39 is 0 Å². The third-order valence-electron chi connectivity index (χ3n) is 2.74. The van der Waals surface area contributed by atoms with Crippen molar-refractivity contribution in [3.05, 3.63) is 65.0 Å². The van der Waals surface area contributed by atoms with E-state index in [0.29, 0.717) is 16.0 Å². The van der Waals surface area contributed by atoms with E-state index >= 15 is 0 Å². The van der Waals surface area contributed by atoms with Crippen LogP contribution >= 0.6 is 23.2 Å². The molecule has 0 atom stereocenters. The van der Waals surface area contributed by atoms with Gasteiger partial charge in [0.05, 0.1) is 5.69 Å². The molecule has 0 fully saturated rings. The highest BCUT2D eigenvalue weighted by molar-refractivity contribution is 6.31. The Kier molecular flexibility index (Phi) is 3.63. The third kappa shape index (κ3) is 2.79. The van der Waals surface area contributed by atoms with E-state index in [-0.39, 0.29) is 0 Å². The molecule has 2 heterocycles.